The van der Waals surface area contributed by atoms with Crippen molar-refractivity contribution in [3.63, 3.8) is 0 Å². The Kier molecular flexibility index (Phi) is 5.77. The van der Waals surface area contributed by atoms with E-state index in [0.29, 0.717) is 31.6 Å². The molecule has 1 fully saturated rings. The Bertz CT molecular complexity index is 928. The minimum Gasteiger partial charge on any atom is -0.494 e. The van der Waals surface area contributed by atoms with Crippen molar-refractivity contribution >= 4 is 11.9 Å². The molecule has 0 N–H and O–H groups in total. The van der Waals surface area contributed by atoms with Crippen LogP contribution in [-0.2, 0) is 9.53 Å². The van der Waals surface area contributed by atoms with Crippen LogP contribution < -0.4 is 10.3 Å². The molecule has 1 amide bonds. The molecule has 3 rings (SSSR count). The van der Waals surface area contributed by atoms with Gasteiger partial charge in [0.1, 0.15) is 0 Å². The maximum Gasteiger partial charge on any atom is 0.308 e. The summed E-state index contributed by atoms with van der Waals surface area (Å²) in [6.07, 6.45) is 1.05. The van der Waals surface area contributed by atoms with Gasteiger partial charge in [0, 0.05) is 13.1 Å². The number of nitrogens with zero attached hydrogens (tertiary/aromatic N) is 3. The summed E-state index contributed by atoms with van der Waals surface area (Å²) in [7, 11) is 2.76. The lowest BCUT2D eigenvalue weighted by Gasteiger charge is -2.30. The summed E-state index contributed by atoms with van der Waals surface area (Å²) in [5.41, 5.74) is 1.30. The molecule has 1 aromatic heterocycles. The van der Waals surface area contributed by atoms with Crippen LogP contribution in [0.4, 0.5) is 0 Å². The molecule has 0 atom stereocenters. The molecule has 1 aromatic carbocycles. The highest BCUT2D eigenvalue weighted by atomic mass is 16.5. The summed E-state index contributed by atoms with van der Waals surface area (Å²) in [5, 5.41) is 4.28. The zero-order chi connectivity index (χ0) is 20.3. The predicted octanol–water partition coefficient (Wildman–Crippen LogP) is 1.57. The second kappa shape index (κ2) is 8.24. The molecule has 0 aliphatic carbocycles. The average Bonchev–Trinajstić information content (AvgIpc) is 2.73. The Morgan fingerprint density at radius 2 is 1.75 bits per heavy atom. The zero-order valence-corrected chi connectivity index (χ0v) is 16.2. The number of likely N-dealkylation sites (tertiary alicyclic amines) is 1. The molecule has 8 heteroatoms. The highest BCUT2D eigenvalue weighted by Gasteiger charge is 2.30. The number of rotatable bonds is 4. The maximum absolute atomic E-state index is 13.0. The number of ether oxygens (including phenoxy) is 2. The van der Waals surface area contributed by atoms with Crippen LogP contribution in [0.25, 0.3) is 5.69 Å². The molecule has 28 heavy (non-hydrogen) atoms. The Balaban J connectivity index is 1.89. The topological polar surface area (TPSA) is 90.7 Å². The summed E-state index contributed by atoms with van der Waals surface area (Å²) in [6.45, 7) is 2.76. The first-order chi connectivity index (χ1) is 13.4. The van der Waals surface area contributed by atoms with Crippen LogP contribution in [0.2, 0.25) is 0 Å². The van der Waals surface area contributed by atoms with E-state index in [1.165, 1.54) is 25.0 Å². The van der Waals surface area contributed by atoms with Gasteiger partial charge in [-0.05, 0) is 31.9 Å². The third-order valence-corrected chi connectivity index (χ3v) is 4.91. The summed E-state index contributed by atoms with van der Waals surface area (Å²) in [6, 6.07) is 8.54. The first-order valence-corrected chi connectivity index (χ1v) is 9.07. The van der Waals surface area contributed by atoms with E-state index >= 15 is 0 Å². The van der Waals surface area contributed by atoms with E-state index in [0.717, 1.165) is 5.56 Å². The van der Waals surface area contributed by atoms with Crippen molar-refractivity contribution in [1.29, 1.82) is 0 Å². The standard InChI is InChI=1S/C20H23N3O5/c1-13-4-6-15(7-5-13)23-17(24)12-16(27-2)18(21-23)19(25)22-10-8-14(9-11-22)20(26)28-3/h4-7,12,14H,8-11H2,1-3H3. The van der Waals surface area contributed by atoms with E-state index in [-0.39, 0.29) is 34.8 Å². The quantitative estimate of drug-likeness (QED) is 0.742. The molecule has 0 spiro atoms. The monoisotopic (exact) mass is 385 g/mol. The molecule has 2 heterocycles. The minimum absolute atomic E-state index is 0.0687. The number of carbonyl (C=O) groups excluding carboxylic acids is 2. The number of methoxy groups -OCH3 is 2. The molecule has 0 bridgehead atoms. The van der Waals surface area contributed by atoms with E-state index in [4.69, 9.17) is 9.47 Å². The van der Waals surface area contributed by atoms with Crippen molar-refractivity contribution in [1.82, 2.24) is 14.7 Å². The second-order valence-corrected chi connectivity index (χ2v) is 6.74. The van der Waals surface area contributed by atoms with Gasteiger partial charge in [-0.2, -0.15) is 9.78 Å². The lowest BCUT2D eigenvalue weighted by Crippen LogP contribution is -2.41. The molecule has 148 valence electrons. The normalized spacial score (nSPS) is 14.6. The molecular weight excluding hydrogens is 362 g/mol. The van der Waals surface area contributed by atoms with E-state index in [2.05, 4.69) is 5.10 Å². The number of aromatic nitrogens is 2. The molecule has 1 saturated heterocycles. The molecular formula is C20H23N3O5. The van der Waals surface area contributed by atoms with Gasteiger partial charge in [0.05, 0.1) is 31.9 Å². The van der Waals surface area contributed by atoms with Crippen LogP contribution in [0, 0.1) is 12.8 Å². The van der Waals surface area contributed by atoms with Gasteiger partial charge >= 0.3 is 5.97 Å². The molecule has 0 unspecified atom stereocenters. The van der Waals surface area contributed by atoms with Crippen molar-refractivity contribution in [3.8, 4) is 11.4 Å². The van der Waals surface area contributed by atoms with Crippen molar-refractivity contribution in [3.05, 3.63) is 51.9 Å². The van der Waals surface area contributed by atoms with Crippen LogP contribution in [0.5, 0.6) is 5.75 Å². The highest BCUT2D eigenvalue weighted by molar-refractivity contribution is 5.95. The van der Waals surface area contributed by atoms with Crippen molar-refractivity contribution in [2.24, 2.45) is 5.92 Å². The third-order valence-electron chi connectivity index (χ3n) is 4.91. The number of hydrogen-bond donors (Lipinski definition) is 0. The minimum atomic E-state index is -0.387. The molecule has 0 radical (unpaired) electrons. The lowest BCUT2D eigenvalue weighted by molar-refractivity contribution is -0.146. The Labute approximate surface area is 162 Å². The van der Waals surface area contributed by atoms with Crippen LogP contribution in [0.3, 0.4) is 0 Å². The Hall–Kier alpha value is -3.16. The SMILES string of the molecule is COC(=O)C1CCN(C(=O)c2nn(-c3ccc(C)cc3)c(=O)cc2OC)CC1. The molecule has 1 aliphatic rings. The van der Waals surface area contributed by atoms with Gasteiger partial charge in [0.25, 0.3) is 11.5 Å². The summed E-state index contributed by atoms with van der Waals surface area (Å²) in [4.78, 5) is 38.8. The molecule has 0 saturated carbocycles. The number of benzene rings is 1. The van der Waals surface area contributed by atoms with Crippen LogP contribution in [-0.4, -0.2) is 53.9 Å². The van der Waals surface area contributed by atoms with Gasteiger partial charge in [0.2, 0.25) is 0 Å². The van der Waals surface area contributed by atoms with Gasteiger partial charge in [-0.3, -0.25) is 14.4 Å². The molecule has 2 aromatic rings. The molecule has 8 nitrogen and oxygen atoms in total. The number of esters is 1. The van der Waals surface area contributed by atoms with E-state index < -0.39 is 0 Å². The van der Waals surface area contributed by atoms with Gasteiger partial charge in [-0.15, -0.1) is 0 Å². The van der Waals surface area contributed by atoms with E-state index in [1.54, 1.807) is 17.0 Å². The van der Waals surface area contributed by atoms with E-state index in [9.17, 15) is 14.4 Å². The Morgan fingerprint density at radius 1 is 1.11 bits per heavy atom. The molecule has 1 aliphatic heterocycles. The predicted molar refractivity (Wildman–Crippen MR) is 102 cm³/mol. The summed E-state index contributed by atoms with van der Waals surface area (Å²) in [5.74, 6) is -0.657. The fourth-order valence-electron chi connectivity index (χ4n) is 3.25. The van der Waals surface area contributed by atoms with Crippen molar-refractivity contribution in [2.75, 3.05) is 27.3 Å². The van der Waals surface area contributed by atoms with Gasteiger partial charge in [-0.1, -0.05) is 17.7 Å². The fourth-order valence-corrected chi connectivity index (χ4v) is 3.25. The lowest BCUT2D eigenvalue weighted by atomic mass is 9.97. The van der Waals surface area contributed by atoms with Crippen LogP contribution >= 0.6 is 0 Å². The van der Waals surface area contributed by atoms with Gasteiger partial charge < -0.3 is 14.4 Å². The number of aryl methyl sites for hydroxylation is 1. The van der Waals surface area contributed by atoms with E-state index in [1.807, 2.05) is 19.1 Å². The Morgan fingerprint density at radius 3 is 2.32 bits per heavy atom. The van der Waals surface area contributed by atoms with Crippen LogP contribution in [0.15, 0.2) is 35.1 Å². The number of amides is 1. The second-order valence-electron chi connectivity index (χ2n) is 6.74. The number of hydrogen-bond acceptors (Lipinski definition) is 6. The maximum atomic E-state index is 13.0. The average molecular weight is 385 g/mol. The summed E-state index contributed by atoms with van der Waals surface area (Å²) < 4.78 is 11.2. The highest BCUT2D eigenvalue weighted by Crippen LogP contribution is 2.22. The third kappa shape index (κ3) is 3.90. The number of piperidine rings is 1. The van der Waals surface area contributed by atoms with Gasteiger partial charge in [-0.25, -0.2) is 0 Å². The summed E-state index contributed by atoms with van der Waals surface area (Å²) >= 11 is 0. The number of carbonyl (C=O) groups is 2. The van der Waals surface area contributed by atoms with Crippen molar-refractivity contribution in [2.45, 2.75) is 19.8 Å². The van der Waals surface area contributed by atoms with Crippen molar-refractivity contribution < 1.29 is 19.1 Å². The van der Waals surface area contributed by atoms with Crippen LogP contribution in [0.1, 0.15) is 28.9 Å². The largest absolute Gasteiger partial charge is 0.494 e. The van der Waals surface area contributed by atoms with Gasteiger partial charge in [0.15, 0.2) is 11.4 Å². The fraction of sp³-hybridized carbons (Fsp3) is 0.400. The zero-order valence-electron chi connectivity index (χ0n) is 16.2. The first-order valence-electron chi connectivity index (χ1n) is 9.07. The first kappa shape index (κ1) is 19.6. The smallest absolute Gasteiger partial charge is 0.308 e.